The number of carboxylic acid groups (broad SMARTS) is 1. The molecule has 0 unspecified atom stereocenters. The van der Waals surface area contributed by atoms with E-state index in [1.807, 2.05) is 0 Å². The van der Waals surface area contributed by atoms with E-state index in [0.29, 0.717) is 9.99 Å². The SMILES string of the molecule is O=C(O)c1cccc2nnn(-c3cc(Br)ccc3F)c12. The van der Waals surface area contributed by atoms with Crippen molar-refractivity contribution in [1.29, 1.82) is 0 Å². The van der Waals surface area contributed by atoms with E-state index in [0.717, 1.165) is 0 Å². The van der Waals surface area contributed by atoms with Crippen LogP contribution < -0.4 is 0 Å². The fourth-order valence-electron chi connectivity index (χ4n) is 1.96. The lowest BCUT2D eigenvalue weighted by Gasteiger charge is -2.06. The highest BCUT2D eigenvalue weighted by Gasteiger charge is 2.17. The molecule has 0 fully saturated rings. The van der Waals surface area contributed by atoms with Crippen molar-refractivity contribution in [2.45, 2.75) is 0 Å². The van der Waals surface area contributed by atoms with Gasteiger partial charge in [-0.25, -0.2) is 13.9 Å². The van der Waals surface area contributed by atoms with E-state index < -0.39 is 11.8 Å². The maximum atomic E-state index is 13.9. The summed E-state index contributed by atoms with van der Waals surface area (Å²) in [5, 5.41) is 17.0. The molecule has 7 heteroatoms. The number of aromatic nitrogens is 3. The first kappa shape index (κ1) is 12.7. The Morgan fingerprint density at radius 2 is 2.10 bits per heavy atom. The van der Waals surface area contributed by atoms with Gasteiger partial charge in [-0.2, -0.15) is 0 Å². The molecule has 20 heavy (non-hydrogen) atoms. The molecule has 3 aromatic rings. The summed E-state index contributed by atoms with van der Waals surface area (Å²) in [6, 6.07) is 8.97. The topological polar surface area (TPSA) is 68.0 Å². The number of fused-ring (bicyclic) bond motifs is 1. The van der Waals surface area contributed by atoms with Crippen molar-refractivity contribution in [3.05, 3.63) is 52.3 Å². The quantitative estimate of drug-likeness (QED) is 0.781. The van der Waals surface area contributed by atoms with Crippen LogP contribution in [0.5, 0.6) is 0 Å². The van der Waals surface area contributed by atoms with E-state index in [-0.39, 0.29) is 16.8 Å². The monoisotopic (exact) mass is 335 g/mol. The molecule has 1 aromatic heterocycles. The van der Waals surface area contributed by atoms with Gasteiger partial charge in [-0.15, -0.1) is 5.10 Å². The van der Waals surface area contributed by atoms with Crippen LogP contribution in [0.4, 0.5) is 4.39 Å². The van der Waals surface area contributed by atoms with Crippen molar-refractivity contribution in [3.63, 3.8) is 0 Å². The molecule has 0 saturated heterocycles. The second kappa shape index (κ2) is 4.68. The van der Waals surface area contributed by atoms with Crippen LogP contribution in [0.1, 0.15) is 10.4 Å². The average Bonchev–Trinajstić information content (AvgIpc) is 2.85. The van der Waals surface area contributed by atoms with E-state index in [1.165, 1.54) is 22.9 Å². The van der Waals surface area contributed by atoms with Crippen molar-refractivity contribution in [2.24, 2.45) is 0 Å². The average molecular weight is 336 g/mol. The van der Waals surface area contributed by atoms with Crippen LogP contribution in [0, 0.1) is 5.82 Å². The smallest absolute Gasteiger partial charge is 0.337 e. The van der Waals surface area contributed by atoms with Crippen LogP contribution in [-0.4, -0.2) is 26.1 Å². The van der Waals surface area contributed by atoms with Gasteiger partial charge in [0.15, 0.2) is 0 Å². The Kier molecular flexibility index (Phi) is 2.98. The first-order valence-electron chi connectivity index (χ1n) is 5.61. The van der Waals surface area contributed by atoms with Gasteiger partial charge in [0.05, 0.1) is 5.56 Å². The van der Waals surface area contributed by atoms with Crippen LogP contribution in [0.25, 0.3) is 16.7 Å². The van der Waals surface area contributed by atoms with Gasteiger partial charge < -0.3 is 5.11 Å². The standard InChI is InChI=1S/C13H7BrFN3O2/c14-7-4-5-9(15)11(6-7)18-12-8(13(19)20)2-1-3-10(12)16-17-18/h1-6H,(H,19,20). The Balaban J connectivity index is 2.37. The highest BCUT2D eigenvalue weighted by atomic mass is 79.9. The van der Waals surface area contributed by atoms with Gasteiger partial charge in [-0.3, -0.25) is 0 Å². The molecular weight excluding hydrogens is 329 g/mol. The van der Waals surface area contributed by atoms with Crippen LogP contribution in [0.3, 0.4) is 0 Å². The molecule has 100 valence electrons. The van der Waals surface area contributed by atoms with Gasteiger partial charge in [-0.05, 0) is 30.3 Å². The Bertz CT molecular complexity index is 832. The molecule has 2 aromatic carbocycles. The fraction of sp³-hybridized carbons (Fsp3) is 0. The maximum Gasteiger partial charge on any atom is 0.337 e. The summed E-state index contributed by atoms with van der Waals surface area (Å²) in [5.41, 5.74) is 0.809. The van der Waals surface area contributed by atoms with Gasteiger partial charge in [0.1, 0.15) is 22.5 Å². The first-order chi connectivity index (χ1) is 9.58. The number of hydrogen-bond acceptors (Lipinski definition) is 3. The van der Waals surface area contributed by atoms with E-state index >= 15 is 0 Å². The van der Waals surface area contributed by atoms with Gasteiger partial charge in [0.2, 0.25) is 0 Å². The molecule has 1 heterocycles. The van der Waals surface area contributed by atoms with Crippen molar-refractivity contribution in [3.8, 4) is 5.69 Å². The molecule has 0 aliphatic heterocycles. The highest BCUT2D eigenvalue weighted by Crippen LogP contribution is 2.24. The summed E-state index contributed by atoms with van der Waals surface area (Å²) in [6.07, 6.45) is 0. The predicted octanol–water partition coefficient (Wildman–Crippen LogP) is 3.02. The lowest BCUT2D eigenvalue weighted by atomic mass is 10.2. The molecule has 5 nitrogen and oxygen atoms in total. The molecule has 0 atom stereocenters. The van der Waals surface area contributed by atoms with E-state index in [4.69, 9.17) is 0 Å². The van der Waals surface area contributed by atoms with E-state index in [1.54, 1.807) is 18.2 Å². The molecule has 0 aliphatic carbocycles. The van der Waals surface area contributed by atoms with Gasteiger partial charge in [-0.1, -0.05) is 27.2 Å². The minimum absolute atomic E-state index is 0.0203. The summed E-state index contributed by atoms with van der Waals surface area (Å²) >= 11 is 3.25. The Morgan fingerprint density at radius 3 is 2.85 bits per heavy atom. The number of hydrogen-bond donors (Lipinski definition) is 1. The summed E-state index contributed by atoms with van der Waals surface area (Å²) in [7, 11) is 0. The second-order valence-corrected chi connectivity index (χ2v) is 4.99. The lowest BCUT2D eigenvalue weighted by molar-refractivity contribution is 0.0698. The number of nitrogens with zero attached hydrogens (tertiary/aromatic N) is 3. The first-order valence-corrected chi connectivity index (χ1v) is 6.40. The van der Waals surface area contributed by atoms with Crippen molar-refractivity contribution in [2.75, 3.05) is 0 Å². The molecule has 0 bridgehead atoms. The molecule has 0 aliphatic rings. The molecule has 3 rings (SSSR count). The zero-order chi connectivity index (χ0) is 14.3. The van der Waals surface area contributed by atoms with Crippen LogP contribution in [0.15, 0.2) is 40.9 Å². The number of carbonyl (C=O) groups is 1. The third kappa shape index (κ3) is 1.96. The van der Waals surface area contributed by atoms with Crippen molar-refractivity contribution in [1.82, 2.24) is 15.0 Å². The zero-order valence-electron chi connectivity index (χ0n) is 9.92. The molecule has 0 amide bonds. The third-order valence-corrected chi connectivity index (χ3v) is 3.33. The fourth-order valence-corrected chi connectivity index (χ4v) is 2.31. The van der Waals surface area contributed by atoms with Crippen molar-refractivity contribution < 1.29 is 14.3 Å². The zero-order valence-corrected chi connectivity index (χ0v) is 11.5. The second-order valence-electron chi connectivity index (χ2n) is 4.08. The Hall–Kier alpha value is -2.28. The number of benzene rings is 2. The normalized spacial score (nSPS) is 10.9. The van der Waals surface area contributed by atoms with Crippen LogP contribution >= 0.6 is 15.9 Å². The Labute approximate surface area is 120 Å². The minimum Gasteiger partial charge on any atom is -0.478 e. The molecular formula is C13H7BrFN3O2. The largest absolute Gasteiger partial charge is 0.478 e. The predicted molar refractivity (Wildman–Crippen MR) is 73.5 cm³/mol. The number of para-hydroxylation sites is 1. The van der Waals surface area contributed by atoms with Gasteiger partial charge in [0, 0.05) is 4.47 Å². The maximum absolute atomic E-state index is 13.9. The lowest BCUT2D eigenvalue weighted by Crippen LogP contribution is -2.05. The van der Waals surface area contributed by atoms with Gasteiger partial charge >= 0.3 is 5.97 Å². The Morgan fingerprint density at radius 1 is 1.30 bits per heavy atom. The minimum atomic E-state index is -1.12. The van der Waals surface area contributed by atoms with Crippen LogP contribution in [0.2, 0.25) is 0 Å². The van der Waals surface area contributed by atoms with E-state index in [2.05, 4.69) is 26.2 Å². The number of carboxylic acids is 1. The van der Waals surface area contributed by atoms with Gasteiger partial charge in [0.25, 0.3) is 0 Å². The summed E-state index contributed by atoms with van der Waals surface area (Å²) in [6.45, 7) is 0. The number of halogens is 2. The molecule has 0 radical (unpaired) electrons. The van der Waals surface area contributed by atoms with Crippen molar-refractivity contribution >= 4 is 32.9 Å². The van der Waals surface area contributed by atoms with Crippen LogP contribution in [-0.2, 0) is 0 Å². The summed E-state index contributed by atoms with van der Waals surface area (Å²) in [5.74, 6) is -1.63. The molecule has 1 N–H and O–H groups in total. The van der Waals surface area contributed by atoms with E-state index in [9.17, 15) is 14.3 Å². The molecule has 0 spiro atoms. The molecule has 0 saturated carbocycles. The third-order valence-electron chi connectivity index (χ3n) is 2.84. The highest BCUT2D eigenvalue weighted by molar-refractivity contribution is 9.10. The summed E-state index contributed by atoms with van der Waals surface area (Å²) < 4.78 is 15.8. The number of rotatable bonds is 2. The summed E-state index contributed by atoms with van der Waals surface area (Å²) in [4.78, 5) is 11.3. The number of aromatic carboxylic acids is 1.